The molecule has 0 aliphatic heterocycles. The fourth-order valence-electron chi connectivity index (χ4n) is 10.6. The van der Waals surface area contributed by atoms with Crippen molar-refractivity contribution in [3.05, 3.63) is 0 Å². The molecule has 0 heterocycles. The van der Waals surface area contributed by atoms with E-state index in [4.69, 9.17) is 0 Å². The van der Waals surface area contributed by atoms with E-state index in [2.05, 4.69) is 41.5 Å². The van der Waals surface area contributed by atoms with Gasteiger partial charge in [-0.3, -0.25) is 0 Å². The summed E-state index contributed by atoms with van der Waals surface area (Å²) >= 11 is 0. The molecule has 1 N–H and O–H groups in total. The molecule has 0 aromatic heterocycles. The summed E-state index contributed by atoms with van der Waals surface area (Å²) in [7, 11) is 0. The van der Waals surface area contributed by atoms with Crippen molar-refractivity contribution < 1.29 is 5.11 Å². The molecule has 34 heavy (non-hydrogen) atoms. The zero-order valence-corrected chi connectivity index (χ0v) is 24.5. The maximum Gasteiger partial charge on any atom is 0.0543 e. The van der Waals surface area contributed by atoms with E-state index < -0.39 is 0 Å². The van der Waals surface area contributed by atoms with Gasteiger partial charge in [-0.15, -0.1) is 0 Å². The predicted octanol–water partition coefficient (Wildman–Crippen LogP) is 9.91. The van der Waals surface area contributed by atoms with Crippen LogP contribution in [-0.2, 0) is 0 Å². The summed E-state index contributed by atoms with van der Waals surface area (Å²) in [6.45, 7) is 19.3. The molecule has 0 aromatic carbocycles. The summed E-state index contributed by atoms with van der Waals surface area (Å²) in [6.07, 6.45) is 19.3. The lowest BCUT2D eigenvalue weighted by molar-refractivity contribution is -0.129. The van der Waals surface area contributed by atoms with Gasteiger partial charge in [0.15, 0.2) is 0 Å². The first-order valence-corrected chi connectivity index (χ1v) is 16.0. The highest BCUT2D eigenvalue weighted by Gasteiger charge is 2.60. The van der Waals surface area contributed by atoms with Crippen LogP contribution in [0.5, 0.6) is 0 Å². The number of rotatable bonds is 8. The molecule has 4 fully saturated rings. The molecule has 0 amide bonds. The number of aliphatic hydroxyl groups excluding tert-OH is 1. The molecule has 1 heteroatoms. The fourth-order valence-corrected chi connectivity index (χ4v) is 10.6. The van der Waals surface area contributed by atoms with Crippen LogP contribution < -0.4 is 0 Å². The normalized spacial score (nSPS) is 43.2. The molecular formula is C33H62O. The first-order chi connectivity index (χ1) is 16.3. The molecule has 4 saturated carbocycles. The summed E-state index contributed by atoms with van der Waals surface area (Å²) in [6, 6.07) is 0. The molecule has 0 spiro atoms. The van der Waals surface area contributed by atoms with Crippen molar-refractivity contribution >= 4 is 0 Å². The van der Waals surface area contributed by atoms with Gasteiger partial charge >= 0.3 is 0 Å². The van der Waals surface area contributed by atoms with Gasteiger partial charge in [0.25, 0.3) is 0 Å². The number of hydrogen-bond donors (Lipinski definition) is 1. The van der Waals surface area contributed by atoms with Gasteiger partial charge in [0, 0.05) is 0 Å². The van der Waals surface area contributed by atoms with E-state index in [1.165, 1.54) is 77.0 Å². The van der Waals surface area contributed by atoms with Crippen molar-refractivity contribution in [3.8, 4) is 0 Å². The second-order valence-corrected chi connectivity index (χ2v) is 13.6. The molecule has 4 aliphatic carbocycles. The van der Waals surface area contributed by atoms with Crippen molar-refractivity contribution in [2.75, 3.05) is 0 Å². The van der Waals surface area contributed by atoms with E-state index in [1.807, 2.05) is 13.8 Å². The Morgan fingerprint density at radius 3 is 2.00 bits per heavy atom. The molecule has 10 atom stereocenters. The molecule has 9 unspecified atom stereocenters. The maximum atomic E-state index is 10.3. The van der Waals surface area contributed by atoms with Crippen LogP contribution in [0.25, 0.3) is 0 Å². The third-order valence-electron chi connectivity index (χ3n) is 12.6. The van der Waals surface area contributed by atoms with Gasteiger partial charge in [-0.1, -0.05) is 81.1 Å². The van der Waals surface area contributed by atoms with Crippen LogP contribution in [0, 0.1) is 58.2 Å². The first-order valence-electron chi connectivity index (χ1n) is 16.0. The minimum absolute atomic E-state index is 0.0119. The van der Waals surface area contributed by atoms with E-state index in [9.17, 15) is 5.11 Å². The summed E-state index contributed by atoms with van der Waals surface area (Å²) in [4.78, 5) is 0. The molecule has 0 saturated heterocycles. The van der Waals surface area contributed by atoms with Crippen LogP contribution in [0.1, 0.15) is 145 Å². The lowest BCUT2D eigenvalue weighted by atomic mass is 9.44. The third-order valence-corrected chi connectivity index (χ3v) is 12.6. The highest BCUT2D eigenvalue weighted by Crippen LogP contribution is 2.68. The predicted molar refractivity (Wildman–Crippen MR) is 149 cm³/mol. The average molecular weight is 475 g/mol. The molecule has 0 bridgehead atoms. The van der Waals surface area contributed by atoms with Gasteiger partial charge in [-0.05, 0) is 122 Å². The van der Waals surface area contributed by atoms with Crippen LogP contribution in [0.15, 0.2) is 0 Å². The van der Waals surface area contributed by atoms with Crippen LogP contribution >= 0.6 is 0 Å². The number of aliphatic hydroxyl groups is 1. The van der Waals surface area contributed by atoms with E-state index in [-0.39, 0.29) is 6.10 Å². The van der Waals surface area contributed by atoms with Crippen LogP contribution in [-0.4, -0.2) is 11.2 Å². The largest absolute Gasteiger partial charge is 0.393 e. The van der Waals surface area contributed by atoms with Crippen molar-refractivity contribution in [1.29, 1.82) is 0 Å². The van der Waals surface area contributed by atoms with Gasteiger partial charge < -0.3 is 5.11 Å². The molecule has 4 aliphatic rings. The summed E-state index contributed by atoms with van der Waals surface area (Å²) in [5, 5.41) is 10.3. The summed E-state index contributed by atoms with van der Waals surface area (Å²) in [5.74, 6) is 7.47. The summed E-state index contributed by atoms with van der Waals surface area (Å²) < 4.78 is 0. The highest BCUT2D eigenvalue weighted by molar-refractivity contribution is 5.09. The maximum absolute atomic E-state index is 10.3. The smallest absolute Gasteiger partial charge is 0.0543 e. The van der Waals surface area contributed by atoms with Gasteiger partial charge in [0.2, 0.25) is 0 Å². The van der Waals surface area contributed by atoms with Gasteiger partial charge in [-0.25, -0.2) is 0 Å². The lowest BCUT2D eigenvalue weighted by Gasteiger charge is -2.61. The van der Waals surface area contributed by atoms with Crippen molar-refractivity contribution in [3.63, 3.8) is 0 Å². The van der Waals surface area contributed by atoms with E-state index >= 15 is 0 Å². The first kappa shape index (κ1) is 28.5. The Morgan fingerprint density at radius 2 is 1.35 bits per heavy atom. The van der Waals surface area contributed by atoms with Crippen molar-refractivity contribution in [1.82, 2.24) is 0 Å². The Hall–Kier alpha value is -0.0400. The molecule has 200 valence electrons. The average Bonchev–Trinajstić information content (AvgIpc) is 3.20. The Balaban J connectivity index is 0.00000158. The monoisotopic (exact) mass is 474 g/mol. The van der Waals surface area contributed by atoms with Crippen LogP contribution in [0.2, 0.25) is 0 Å². The molecule has 0 aromatic rings. The minimum Gasteiger partial charge on any atom is -0.393 e. The number of fused-ring (bicyclic) bond motifs is 5. The molecule has 1 nitrogen and oxygen atoms in total. The Bertz CT molecular complexity index is 610. The second kappa shape index (κ2) is 12.0. The second-order valence-electron chi connectivity index (χ2n) is 13.6. The minimum atomic E-state index is -0.0119. The van der Waals surface area contributed by atoms with E-state index in [1.54, 1.807) is 0 Å². The van der Waals surface area contributed by atoms with Gasteiger partial charge in [0.1, 0.15) is 0 Å². The van der Waals surface area contributed by atoms with Crippen LogP contribution in [0.4, 0.5) is 0 Å². The molecular weight excluding hydrogens is 412 g/mol. The van der Waals surface area contributed by atoms with Crippen molar-refractivity contribution in [2.24, 2.45) is 58.2 Å². The Morgan fingerprint density at radius 1 is 0.735 bits per heavy atom. The van der Waals surface area contributed by atoms with E-state index in [0.717, 1.165) is 60.2 Å². The highest BCUT2D eigenvalue weighted by atomic mass is 16.3. The third kappa shape index (κ3) is 5.17. The zero-order valence-electron chi connectivity index (χ0n) is 24.5. The Labute approximate surface area is 214 Å². The van der Waals surface area contributed by atoms with Gasteiger partial charge in [-0.2, -0.15) is 0 Å². The Kier molecular flexibility index (Phi) is 10.1. The van der Waals surface area contributed by atoms with Crippen molar-refractivity contribution in [2.45, 2.75) is 151 Å². The topological polar surface area (TPSA) is 20.2 Å². The zero-order chi connectivity index (χ0) is 25.1. The van der Waals surface area contributed by atoms with Crippen LogP contribution in [0.3, 0.4) is 0 Å². The standard InChI is InChI=1S/C31H56O.C2H6/c1-7-22(8-2)23(9-3)11-10-21(4)27-14-15-28-26-13-12-24-20-25(32)16-18-30(24,5)29(26)17-19-31(27,28)6;1-2/h21-29,32H,7-20H2,1-6H3;1-2H3/t21-,23?,24?,25?,26?,27?,28?,29?,30?,31?;/m1./s1. The van der Waals surface area contributed by atoms with E-state index in [0.29, 0.717) is 10.8 Å². The molecule has 0 radical (unpaired) electrons. The number of hydrogen-bond acceptors (Lipinski definition) is 1. The fraction of sp³-hybridized carbons (Fsp3) is 1.00. The van der Waals surface area contributed by atoms with Gasteiger partial charge in [0.05, 0.1) is 6.10 Å². The quantitative estimate of drug-likeness (QED) is 0.371. The SMILES string of the molecule is CC.CCC(CC)C(CC)CC[C@@H](C)C1CCC2C3CCC4CC(O)CCC4(C)C3CCC21C. The summed E-state index contributed by atoms with van der Waals surface area (Å²) in [5.41, 5.74) is 1.13. The molecule has 4 rings (SSSR count). The lowest BCUT2D eigenvalue weighted by Crippen LogP contribution is -2.54.